The molecule has 0 aliphatic carbocycles. The van der Waals surface area contributed by atoms with Crippen molar-refractivity contribution in [3.63, 3.8) is 0 Å². The van der Waals surface area contributed by atoms with Gasteiger partial charge < -0.3 is 24.8 Å². The summed E-state index contributed by atoms with van der Waals surface area (Å²) in [5.41, 5.74) is -3.64. The zero-order valence-corrected chi connectivity index (χ0v) is 33.0. The second-order valence-electron chi connectivity index (χ2n) is 16.2. The number of anilines is 1. The number of ether oxygens (including phenoxy) is 3. The van der Waals surface area contributed by atoms with Crippen LogP contribution in [0.2, 0.25) is 0 Å². The summed E-state index contributed by atoms with van der Waals surface area (Å²) in [6, 6.07) is 1.77. The Hall–Kier alpha value is -4.49. The van der Waals surface area contributed by atoms with Gasteiger partial charge in [-0.25, -0.2) is 19.3 Å². The van der Waals surface area contributed by atoms with Crippen molar-refractivity contribution in [2.75, 3.05) is 11.9 Å². The molecule has 14 heteroatoms. The molecule has 2 fully saturated rings. The number of amides is 6. The van der Waals surface area contributed by atoms with Gasteiger partial charge in [0, 0.05) is 5.41 Å². The molecule has 53 heavy (non-hydrogen) atoms. The summed E-state index contributed by atoms with van der Waals surface area (Å²) in [6.07, 6.45) is 6.62. The van der Waals surface area contributed by atoms with Gasteiger partial charge in [-0.1, -0.05) is 72.6 Å². The van der Waals surface area contributed by atoms with Crippen LogP contribution >= 0.6 is 0 Å². The van der Waals surface area contributed by atoms with Crippen molar-refractivity contribution < 1.29 is 47.8 Å². The van der Waals surface area contributed by atoms with Gasteiger partial charge in [-0.3, -0.25) is 24.1 Å². The number of esters is 1. The Bertz CT molecular complexity index is 1560. The van der Waals surface area contributed by atoms with E-state index in [1.54, 1.807) is 48.5 Å². The average molecular weight is 743 g/mol. The van der Waals surface area contributed by atoms with Crippen molar-refractivity contribution in [1.82, 2.24) is 15.1 Å². The number of imide groups is 2. The van der Waals surface area contributed by atoms with Gasteiger partial charge in [0.25, 0.3) is 17.7 Å². The number of urea groups is 1. The second kappa shape index (κ2) is 17.6. The minimum Gasteiger partial charge on any atom is -0.489 e. The third kappa shape index (κ3) is 11.0. The molecule has 2 aliphatic heterocycles. The molecule has 1 aromatic carbocycles. The lowest BCUT2D eigenvalue weighted by Gasteiger charge is -2.29. The van der Waals surface area contributed by atoms with Gasteiger partial charge in [-0.2, -0.15) is 0 Å². The number of nitrogens with one attached hydrogen (secondary N) is 2. The normalized spacial score (nSPS) is 17.8. The highest BCUT2D eigenvalue weighted by atomic mass is 16.6. The number of rotatable bonds is 19. The molecule has 2 unspecified atom stereocenters. The zero-order chi connectivity index (χ0) is 39.9. The molecule has 1 aromatic rings. The summed E-state index contributed by atoms with van der Waals surface area (Å²) in [6.45, 7) is 16.2. The van der Waals surface area contributed by atoms with Gasteiger partial charge in [-0.05, 0) is 72.6 Å². The first kappa shape index (κ1) is 42.9. The molecule has 0 aromatic heterocycles. The highest BCUT2D eigenvalue weighted by Crippen LogP contribution is 2.32. The van der Waals surface area contributed by atoms with Crippen LogP contribution in [-0.4, -0.2) is 87.3 Å². The maximum absolute atomic E-state index is 13.8. The topological polar surface area (TPSA) is 178 Å². The van der Waals surface area contributed by atoms with E-state index < -0.39 is 76.4 Å². The quantitative estimate of drug-likeness (QED) is 0.0685. The summed E-state index contributed by atoms with van der Waals surface area (Å²) >= 11 is 0. The van der Waals surface area contributed by atoms with Crippen LogP contribution in [0.3, 0.4) is 0 Å². The molecule has 14 nitrogen and oxygen atoms in total. The first-order valence-electron chi connectivity index (χ1n) is 18.7. The number of carbonyl (C=O) groups is 7. The molecule has 6 amide bonds. The summed E-state index contributed by atoms with van der Waals surface area (Å²) in [4.78, 5) is 94.2. The lowest BCUT2D eigenvalue weighted by Crippen LogP contribution is -2.55. The van der Waals surface area contributed by atoms with Crippen molar-refractivity contribution in [2.24, 2.45) is 5.41 Å². The molecule has 0 spiro atoms. The first-order valence-corrected chi connectivity index (χ1v) is 18.7. The van der Waals surface area contributed by atoms with E-state index in [9.17, 15) is 33.6 Å². The Morgan fingerprint density at radius 2 is 1.51 bits per heavy atom. The highest BCUT2D eigenvalue weighted by molar-refractivity contribution is 6.19. The predicted molar refractivity (Wildman–Crippen MR) is 197 cm³/mol. The second-order valence-corrected chi connectivity index (χ2v) is 16.2. The van der Waals surface area contributed by atoms with Crippen molar-refractivity contribution in [3.8, 4) is 5.75 Å². The van der Waals surface area contributed by atoms with Gasteiger partial charge >= 0.3 is 18.1 Å². The Balaban J connectivity index is 1.85. The number of carbonyl (C=O) groups excluding carboxylic acids is 7. The molecule has 0 saturated carbocycles. The van der Waals surface area contributed by atoms with E-state index in [0.717, 1.165) is 37.0 Å². The summed E-state index contributed by atoms with van der Waals surface area (Å²) in [5, 5.41) is 5.27. The van der Waals surface area contributed by atoms with Gasteiger partial charge in [0.05, 0.1) is 23.9 Å². The lowest BCUT2D eigenvalue weighted by molar-refractivity contribution is -0.145. The maximum atomic E-state index is 13.8. The molecule has 2 saturated heterocycles. The number of benzene rings is 1. The van der Waals surface area contributed by atoms with E-state index in [1.807, 2.05) is 0 Å². The minimum atomic E-state index is -1.85. The Kier molecular flexibility index (Phi) is 14.2. The summed E-state index contributed by atoms with van der Waals surface area (Å²) in [7, 11) is 0. The Labute approximate surface area is 313 Å². The number of cyclic esters (lactones) is 1. The Morgan fingerprint density at radius 1 is 0.906 bits per heavy atom. The van der Waals surface area contributed by atoms with Gasteiger partial charge in [0.1, 0.15) is 17.4 Å². The van der Waals surface area contributed by atoms with E-state index in [0.29, 0.717) is 11.3 Å². The van der Waals surface area contributed by atoms with Gasteiger partial charge in [-0.15, -0.1) is 0 Å². The molecule has 2 aliphatic rings. The molecule has 2 N–H and O–H groups in total. The lowest BCUT2D eigenvalue weighted by atomic mass is 9.85. The van der Waals surface area contributed by atoms with Crippen molar-refractivity contribution in [2.45, 2.75) is 156 Å². The fourth-order valence-electron chi connectivity index (χ4n) is 6.08. The van der Waals surface area contributed by atoms with E-state index in [4.69, 9.17) is 14.2 Å². The summed E-state index contributed by atoms with van der Waals surface area (Å²) in [5.74, 6) is -3.59. The number of nitrogens with zero attached hydrogens (tertiary/aromatic N) is 2. The molecule has 2 atom stereocenters. The predicted octanol–water partition coefficient (Wildman–Crippen LogP) is 6.54. The molecular weight excluding hydrogens is 684 g/mol. The number of unbranched alkanes of at least 4 members (excludes halogenated alkanes) is 7. The van der Waals surface area contributed by atoms with Crippen LogP contribution < -0.4 is 15.4 Å². The largest absolute Gasteiger partial charge is 0.489 e. The molecule has 0 radical (unpaired) electrons. The number of hydrogen-bond acceptors (Lipinski definition) is 10. The van der Waals surface area contributed by atoms with Crippen LogP contribution in [0.25, 0.3) is 0 Å². The van der Waals surface area contributed by atoms with Crippen LogP contribution in [0.1, 0.15) is 137 Å². The van der Waals surface area contributed by atoms with Crippen LogP contribution in [0, 0.1) is 5.41 Å². The molecule has 294 valence electrons. The van der Waals surface area contributed by atoms with Crippen LogP contribution in [0.5, 0.6) is 5.75 Å². The molecule has 3 rings (SSSR count). The number of hydrogen-bond donors (Lipinski definition) is 2. The molecule has 2 heterocycles. The molecular formula is C39H58N4O10. The minimum absolute atomic E-state index is 0.0656. The SMILES string of the molecule is CCCCCCCCCCC(CN1C(=O)NC(C)(C)C1=O)OC(=O)c1ccc(NC(=O)C(C(=O)C(C)(C)C)N2C(=O)OC(C)(C)C2=O)c(OC(C)C)c1. The number of Topliss-reactive ketones (excluding diaryl/α,β-unsaturated/α-hetero) is 1. The van der Waals surface area contributed by atoms with Crippen LogP contribution in [0.4, 0.5) is 15.3 Å². The zero-order valence-electron chi connectivity index (χ0n) is 33.0. The van der Waals surface area contributed by atoms with Gasteiger partial charge in [0.15, 0.2) is 17.4 Å². The first-order chi connectivity index (χ1) is 24.6. The van der Waals surface area contributed by atoms with E-state index in [2.05, 4.69) is 17.6 Å². The van der Waals surface area contributed by atoms with Crippen LogP contribution in [-0.2, 0) is 28.7 Å². The molecule has 0 bridgehead atoms. The van der Waals surface area contributed by atoms with E-state index in [-0.39, 0.29) is 23.5 Å². The van der Waals surface area contributed by atoms with Crippen LogP contribution in [0.15, 0.2) is 18.2 Å². The van der Waals surface area contributed by atoms with Gasteiger partial charge in [0.2, 0.25) is 0 Å². The fourth-order valence-corrected chi connectivity index (χ4v) is 6.08. The third-order valence-corrected chi connectivity index (χ3v) is 9.09. The smallest absolute Gasteiger partial charge is 0.418 e. The average Bonchev–Trinajstić information content (AvgIpc) is 3.37. The van der Waals surface area contributed by atoms with E-state index in [1.165, 1.54) is 51.3 Å². The number of ketones is 1. The van der Waals surface area contributed by atoms with E-state index >= 15 is 0 Å². The fraction of sp³-hybridized carbons (Fsp3) is 0.667. The van der Waals surface area contributed by atoms with Crippen molar-refractivity contribution >= 4 is 47.3 Å². The monoisotopic (exact) mass is 742 g/mol. The van der Waals surface area contributed by atoms with Crippen molar-refractivity contribution in [1.29, 1.82) is 0 Å². The third-order valence-electron chi connectivity index (χ3n) is 9.09. The Morgan fingerprint density at radius 3 is 2.02 bits per heavy atom. The maximum Gasteiger partial charge on any atom is 0.418 e. The van der Waals surface area contributed by atoms with Crippen molar-refractivity contribution in [3.05, 3.63) is 23.8 Å². The highest BCUT2D eigenvalue weighted by Gasteiger charge is 2.55. The standard InChI is InChI=1S/C39H58N4O10/c1-11-12-13-14-15-16-17-18-19-26(23-42-33(47)38(7,8)41-35(42)49)52-32(46)25-20-21-27(28(22-25)51-24(2)3)40-31(45)29(30(44)37(4,5)6)43-34(48)39(9,10)53-36(43)50/h20-22,24,26,29H,11-19,23H2,1-10H3,(H,40,45)(H,41,49). The summed E-state index contributed by atoms with van der Waals surface area (Å²) < 4.78 is 17.0.